The highest BCUT2D eigenvalue weighted by atomic mass is 16.4. The third-order valence-corrected chi connectivity index (χ3v) is 2.39. The van der Waals surface area contributed by atoms with Crippen LogP contribution in [0.2, 0.25) is 0 Å². The van der Waals surface area contributed by atoms with E-state index in [1.54, 1.807) is 6.07 Å². The second-order valence-electron chi connectivity index (χ2n) is 3.75. The molecule has 0 aromatic carbocycles. The molecule has 0 aliphatic carbocycles. The number of hydrogen-bond donors (Lipinski definition) is 2. The normalized spacial score (nSPS) is 12.7. The molecule has 1 atom stereocenters. The second kappa shape index (κ2) is 5.56. The maximum atomic E-state index is 10.6. The fraction of sp³-hybridized carbons (Fsp3) is 0.545. The molecule has 4 heteroatoms. The van der Waals surface area contributed by atoms with Crippen LogP contribution in [0.25, 0.3) is 0 Å². The highest BCUT2D eigenvalue weighted by molar-refractivity contribution is 5.87. The summed E-state index contributed by atoms with van der Waals surface area (Å²) in [5.74, 6) is 0.335. The Morgan fingerprint density at radius 1 is 1.67 bits per heavy atom. The van der Waals surface area contributed by atoms with Gasteiger partial charge in [0, 0.05) is 0 Å². The fourth-order valence-corrected chi connectivity index (χ4v) is 1.17. The molecule has 0 aliphatic rings. The average Bonchev–Trinajstić information content (AvgIpc) is 2.66. The van der Waals surface area contributed by atoms with Gasteiger partial charge in [-0.1, -0.05) is 20.3 Å². The molecule has 0 saturated heterocycles. The minimum absolute atomic E-state index is 0.204. The van der Waals surface area contributed by atoms with E-state index >= 15 is 0 Å². The predicted octanol–water partition coefficient (Wildman–Crippen LogP) is 2.11. The lowest BCUT2D eigenvalue weighted by atomic mass is 10.1. The van der Waals surface area contributed by atoms with Crippen LogP contribution in [0.4, 0.5) is 0 Å². The molecular weight excluding hydrogens is 194 g/mol. The van der Waals surface area contributed by atoms with Crippen molar-refractivity contribution in [1.29, 1.82) is 0 Å². The average molecular weight is 211 g/mol. The number of aromatic carboxylic acids is 1. The molecule has 1 aromatic heterocycles. The molecule has 0 saturated carbocycles. The highest BCUT2D eigenvalue weighted by Gasteiger charge is 2.07. The van der Waals surface area contributed by atoms with E-state index in [1.807, 2.05) is 0 Å². The van der Waals surface area contributed by atoms with Crippen molar-refractivity contribution in [3.63, 3.8) is 0 Å². The van der Waals surface area contributed by atoms with Crippen molar-refractivity contribution in [3.8, 4) is 0 Å². The van der Waals surface area contributed by atoms with Crippen LogP contribution in [-0.4, -0.2) is 17.6 Å². The molecule has 0 spiro atoms. The first kappa shape index (κ1) is 11.8. The van der Waals surface area contributed by atoms with Gasteiger partial charge in [0.05, 0.1) is 12.1 Å². The monoisotopic (exact) mass is 211 g/mol. The van der Waals surface area contributed by atoms with E-state index < -0.39 is 5.97 Å². The number of furan rings is 1. The zero-order valence-corrected chi connectivity index (χ0v) is 9.12. The second-order valence-corrected chi connectivity index (χ2v) is 3.75. The summed E-state index contributed by atoms with van der Waals surface area (Å²) in [7, 11) is 0. The van der Waals surface area contributed by atoms with Crippen molar-refractivity contribution in [2.24, 2.45) is 5.92 Å². The van der Waals surface area contributed by atoms with Gasteiger partial charge < -0.3 is 14.8 Å². The molecule has 84 valence electrons. The zero-order valence-electron chi connectivity index (χ0n) is 9.12. The first-order valence-corrected chi connectivity index (χ1v) is 5.15. The van der Waals surface area contributed by atoms with E-state index in [0.717, 1.165) is 13.0 Å². The van der Waals surface area contributed by atoms with Crippen LogP contribution < -0.4 is 5.32 Å². The maximum absolute atomic E-state index is 10.6. The van der Waals surface area contributed by atoms with Gasteiger partial charge in [-0.15, -0.1) is 0 Å². The van der Waals surface area contributed by atoms with E-state index in [2.05, 4.69) is 19.2 Å². The van der Waals surface area contributed by atoms with Gasteiger partial charge in [0.15, 0.2) is 0 Å². The molecule has 4 nitrogen and oxygen atoms in total. The van der Waals surface area contributed by atoms with Crippen LogP contribution in [0, 0.1) is 5.92 Å². The van der Waals surface area contributed by atoms with Gasteiger partial charge in [-0.3, -0.25) is 0 Å². The van der Waals surface area contributed by atoms with E-state index in [0.29, 0.717) is 18.2 Å². The summed E-state index contributed by atoms with van der Waals surface area (Å²) >= 11 is 0. The van der Waals surface area contributed by atoms with Crippen molar-refractivity contribution >= 4 is 5.97 Å². The Morgan fingerprint density at radius 2 is 2.40 bits per heavy atom. The fourth-order valence-electron chi connectivity index (χ4n) is 1.17. The lowest BCUT2D eigenvalue weighted by Gasteiger charge is -2.08. The van der Waals surface area contributed by atoms with Gasteiger partial charge in [-0.2, -0.15) is 0 Å². The van der Waals surface area contributed by atoms with Crippen LogP contribution in [0.5, 0.6) is 0 Å². The number of carboxylic acid groups (broad SMARTS) is 1. The Labute approximate surface area is 89.3 Å². The SMILES string of the molecule is CCC(C)CNCc1cc(C(=O)O)co1. The topological polar surface area (TPSA) is 62.5 Å². The van der Waals surface area contributed by atoms with Gasteiger partial charge in [0.1, 0.15) is 12.0 Å². The van der Waals surface area contributed by atoms with Crippen LogP contribution in [-0.2, 0) is 6.54 Å². The largest absolute Gasteiger partial charge is 0.478 e. The van der Waals surface area contributed by atoms with Crippen molar-refractivity contribution in [2.75, 3.05) is 6.54 Å². The minimum Gasteiger partial charge on any atom is -0.478 e. The molecule has 0 aliphatic heterocycles. The smallest absolute Gasteiger partial charge is 0.338 e. The number of nitrogens with one attached hydrogen (secondary N) is 1. The van der Waals surface area contributed by atoms with E-state index in [4.69, 9.17) is 9.52 Å². The molecule has 0 bridgehead atoms. The van der Waals surface area contributed by atoms with Crippen molar-refractivity contribution in [1.82, 2.24) is 5.32 Å². The molecule has 0 amide bonds. The van der Waals surface area contributed by atoms with E-state index in [1.165, 1.54) is 6.26 Å². The Bertz CT molecular complexity index is 319. The standard InChI is InChI=1S/C11H17NO3/c1-3-8(2)5-12-6-10-4-9(7-15-10)11(13)14/h4,7-8,12H,3,5-6H2,1-2H3,(H,13,14). The zero-order chi connectivity index (χ0) is 11.3. The third-order valence-electron chi connectivity index (χ3n) is 2.39. The number of carboxylic acids is 1. The molecule has 0 fully saturated rings. The van der Waals surface area contributed by atoms with Gasteiger partial charge >= 0.3 is 5.97 Å². The van der Waals surface area contributed by atoms with Crippen LogP contribution in [0.1, 0.15) is 36.4 Å². The molecule has 1 heterocycles. The summed E-state index contributed by atoms with van der Waals surface area (Å²) < 4.78 is 5.10. The summed E-state index contributed by atoms with van der Waals surface area (Å²) in [4.78, 5) is 10.6. The lowest BCUT2D eigenvalue weighted by Crippen LogP contribution is -2.19. The first-order chi connectivity index (χ1) is 7.13. The Kier molecular flexibility index (Phi) is 4.37. The molecular formula is C11H17NO3. The van der Waals surface area contributed by atoms with Crippen LogP contribution in [0.3, 0.4) is 0 Å². The van der Waals surface area contributed by atoms with E-state index in [9.17, 15) is 4.79 Å². The lowest BCUT2D eigenvalue weighted by molar-refractivity contribution is 0.0696. The van der Waals surface area contributed by atoms with E-state index in [-0.39, 0.29) is 5.56 Å². The third kappa shape index (κ3) is 3.75. The minimum atomic E-state index is -0.952. The highest BCUT2D eigenvalue weighted by Crippen LogP contribution is 2.07. The Hall–Kier alpha value is -1.29. The Balaban J connectivity index is 2.35. The summed E-state index contributed by atoms with van der Waals surface area (Å²) in [6.07, 6.45) is 2.40. The summed E-state index contributed by atoms with van der Waals surface area (Å²) in [6.45, 7) is 5.80. The number of carbonyl (C=O) groups is 1. The first-order valence-electron chi connectivity index (χ1n) is 5.15. The van der Waals surface area contributed by atoms with Crippen molar-refractivity contribution < 1.29 is 14.3 Å². The number of hydrogen-bond acceptors (Lipinski definition) is 3. The van der Waals surface area contributed by atoms with Crippen molar-refractivity contribution in [2.45, 2.75) is 26.8 Å². The summed E-state index contributed by atoms with van der Waals surface area (Å²) in [6, 6.07) is 1.55. The molecule has 15 heavy (non-hydrogen) atoms. The van der Waals surface area contributed by atoms with Gasteiger partial charge in [0.2, 0.25) is 0 Å². The van der Waals surface area contributed by atoms with Crippen LogP contribution >= 0.6 is 0 Å². The molecule has 2 N–H and O–H groups in total. The number of rotatable bonds is 6. The summed E-state index contributed by atoms with van der Waals surface area (Å²) in [5.41, 5.74) is 0.204. The van der Waals surface area contributed by atoms with Gasteiger partial charge in [0.25, 0.3) is 0 Å². The molecule has 1 unspecified atom stereocenters. The predicted molar refractivity (Wildman–Crippen MR) is 56.8 cm³/mol. The summed E-state index contributed by atoms with van der Waals surface area (Å²) in [5, 5.41) is 11.9. The molecule has 0 radical (unpaired) electrons. The van der Waals surface area contributed by atoms with Crippen LogP contribution in [0.15, 0.2) is 16.7 Å². The van der Waals surface area contributed by atoms with Crippen molar-refractivity contribution in [3.05, 3.63) is 23.7 Å². The van der Waals surface area contributed by atoms with Gasteiger partial charge in [-0.05, 0) is 18.5 Å². The molecule has 1 aromatic rings. The maximum Gasteiger partial charge on any atom is 0.338 e. The molecule has 1 rings (SSSR count). The van der Waals surface area contributed by atoms with Gasteiger partial charge in [-0.25, -0.2) is 4.79 Å². The Morgan fingerprint density at radius 3 is 2.93 bits per heavy atom. The quantitative estimate of drug-likeness (QED) is 0.756.